The number of hydrogen-bond acceptors (Lipinski definition) is 5. The average molecular weight is 322 g/mol. The minimum Gasteiger partial charge on any atom is -0.346 e. The number of likely N-dealkylation sites (tertiary alicyclic amines) is 1. The van der Waals surface area contributed by atoms with Gasteiger partial charge in [-0.15, -0.1) is 11.3 Å². The molecule has 0 bridgehead atoms. The molecular formula is C15H22N4O2S. The molecule has 7 heteroatoms. The number of amides is 2. The highest BCUT2D eigenvalue weighted by Gasteiger charge is 2.32. The first kappa shape index (κ1) is 15.3. The van der Waals surface area contributed by atoms with Crippen LogP contribution in [0.4, 0.5) is 5.13 Å². The minimum absolute atomic E-state index is 0.0869. The molecule has 0 saturated carbocycles. The highest BCUT2D eigenvalue weighted by atomic mass is 32.1. The van der Waals surface area contributed by atoms with Crippen molar-refractivity contribution in [2.45, 2.75) is 19.3 Å². The van der Waals surface area contributed by atoms with Crippen molar-refractivity contribution in [1.29, 1.82) is 0 Å². The van der Waals surface area contributed by atoms with E-state index < -0.39 is 0 Å². The first-order chi connectivity index (χ1) is 10.6. The molecule has 0 spiro atoms. The molecule has 0 N–H and O–H groups in total. The van der Waals surface area contributed by atoms with Gasteiger partial charge in [0.15, 0.2) is 5.13 Å². The topological polar surface area (TPSA) is 56.8 Å². The summed E-state index contributed by atoms with van der Waals surface area (Å²) < 4.78 is 0. The Morgan fingerprint density at radius 2 is 2.14 bits per heavy atom. The molecule has 120 valence electrons. The van der Waals surface area contributed by atoms with Crippen molar-refractivity contribution < 1.29 is 9.59 Å². The second-order valence-electron chi connectivity index (χ2n) is 5.99. The fourth-order valence-electron chi connectivity index (χ4n) is 3.11. The molecule has 0 radical (unpaired) electrons. The maximum Gasteiger partial charge on any atom is 0.226 e. The maximum atomic E-state index is 12.7. The van der Waals surface area contributed by atoms with E-state index in [4.69, 9.17) is 0 Å². The van der Waals surface area contributed by atoms with Crippen molar-refractivity contribution in [3.05, 3.63) is 11.6 Å². The van der Waals surface area contributed by atoms with Crippen molar-refractivity contribution in [3.63, 3.8) is 0 Å². The predicted molar refractivity (Wildman–Crippen MR) is 85.9 cm³/mol. The minimum atomic E-state index is -0.130. The van der Waals surface area contributed by atoms with Crippen molar-refractivity contribution in [2.75, 3.05) is 44.7 Å². The largest absolute Gasteiger partial charge is 0.346 e. The van der Waals surface area contributed by atoms with Gasteiger partial charge in [0.2, 0.25) is 11.8 Å². The van der Waals surface area contributed by atoms with E-state index in [1.165, 1.54) is 0 Å². The Labute approximate surface area is 134 Å². The van der Waals surface area contributed by atoms with Gasteiger partial charge in [-0.25, -0.2) is 4.98 Å². The van der Waals surface area contributed by atoms with Crippen LogP contribution >= 0.6 is 11.3 Å². The van der Waals surface area contributed by atoms with Gasteiger partial charge in [0.25, 0.3) is 0 Å². The number of carbonyl (C=O) groups is 2. The zero-order valence-corrected chi connectivity index (χ0v) is 13.7. The van der Waals surface area contributed by atoms with Gasteiger partial charge in [-0.1, -0.05) is 0 Å². The van der Waals surface area contributed by atoms with Crippen LogP contribution in [0.1, 0.15) is 19.3 Å². The van der Waals surface area contributed by atoms with Gasteiger partial charge in [0, 0.05) is 63.7 Å². The summed E-state index contributed by atoms with van der Waals surface area (Å²) in [6, 6.07) is 0. The number of aromatic nitrogens is 1. The number of thiazole rings is 1. The van der Waals surface area contributed by atoms with Crippen LogP contribution in [0.3, 0.4) is 0 Å². The van der Waals surface area contributed by atoms with Crippen LogP contribution in [0.15, 0.2) is 11.6 Å². The van der Waals surface area contributed by atoms with Crippen LogP contribution in [0, 0.1) is 5.92 Å². The highest BCUT2D eigenvalue weighted by molar-refractivity contribution is 7.13. The summed E-state index contributed by atoms with van der Waals surface area (Å²) >= 11 is 1.64. The van der Waals surface area contributed by atoms with Crippen molar-refractivity contribution in [3.8, 4) is 0 Å². The zero-order chi connectivity index (χ0) is 15.5. The van der Waals surface area contributed by atoms with Crippen molar-refractivity contribution in [1.82, 2.24) is 14.8 Å². The molecule has 1 aromatic heterocycles. The summed E-state index contributed by atoms with van der Waals surface area (Å²) in [5.41, 5.74) is 0. The van der Waals surface area contributed by atoms with Crippen LogP contribution in [0.2, 0.25) is 0 Å². The van der Waals surface area contributed by atoms with Crippen LogP contribution in [-0.4, -0.2) is 66.4 Å². The number of rotatable bonds is 2. The molecule has 2 fully saturated rings. The first-order valence-electron chi connectivity index (χ1n) is 7.82. The summed E-state index contributed by atoms with van der Waals surface area (Å²) in [6.07, 6.45) is 3.92. The molecule has 3 heterocycles. The van der Waals surface area contributed by atoms with Gasteiger partial charge >= 0.3 is 0 Å². The smallest absolute Gasteiger partial charge is 0.226 e. The SMILES string of the molecule is CN1CCC(C(=O)N2CCCN(c3nccs3)CC2)CC1=O. The molecule has 0 aromatic carbocycles. The third-order valence-electron chi connectivity index (χ3n) is 4.51. The van der Waals surface area contributed by atoms with E-state index in [-0.39, 0.29) is 17.7 Å². The lowest BCUT2D eigenvalue weighted by molar-refractivity contribution is -0.144. The Morgan fingerprint density at radius 3 is 2.86 bits per heavy atom. The normalized spacial score (nSPS) is 23.6. The first-order valence-corrected chi connectivity index (χ1v) is 8.70. The van der Waals surface area contributed by atoms with E-state index in [9.17, 15) is 9.59 Å². The molecular weight excluding hydrogens is 300 g/mol. The third-order valence-corrected chi connectivity index (χ3v) is 5.34. The summed E-state index contributed by atoms with van der Waals surface area (Å²) in [4.78, 5) is 34.7. The van der Waals surface area contributed by atoms with E-state index in [1.54, 1.807) is 23.3 Å². The van der Waals surface area contributed by atoms with Crippen LogP contribution in [0.5, 0.6) is 0 Å². The van der Waals surface area contributed by atoms with E-state index in [0.29, 0.717) is 13.0 Å². The second-order valence-corrected chi connectivity index (χ2v) is 6.86. The molecule has 2 saturated heterocycles. The fourth-order valence-corrected chi connectivity index (χ4v) is 3.81. The fraction of sp³-hybridized carbons (Fsp3) is 0.667. The van der Waals surface area contributed by atoms with E-state index >= 15 is 0 Å². The molecule has 2 aliphatic rings. The Bertz CT molecular complexity index is 534. The number of carbonyl (C=O) groups excluding carboxylic acids is 2. The lowest BCUT2D eigenvalue weighted by Gasteiger charge is -2.31. The molecule has 2 amide bonds. The summed E-state index contributed by atoms with van der Waals surface area (Å²) in [6.45, 7) is 3.94. The molecule has 3 rings (SSSR count). The van der Waals surface area contributed by atoms with Gasteiger partial charge in [-0.3, -0.25) is 9.59 Å². The number of piperidine rings is 1. The molecule has 1 atom stereocenters. The monoisotopic (exact) mass is 322 g/mol. The van der Waals surface area contributed by atoms with Crippen LogP contribution in [0.25, 0.3) is 0 Å². The Kier molecular flexibility index (Phi) is 4.61. The van der Waals surface area contributed by atoms with Gasteiger partial charge in [0.05, 0.1) is 0 Å². The van der Waals surface area contributed by atoms with Gasteiger partial charge in [-0.05, 0) is 12.8 Å². The molecule has 6 nitrogen and oxygen atoms in total. The predicted octanol–water partition coefficient (Wildman–Crippen LogP) is 1.05. The summed E-state index contributed by atoms with van der Waals surface area (Å²) in [5, 5.41) is 3.01. The van der Waals surface area contributed by atoms with Crippen LogP contribution < -0.4 is 4.90 Å². The summed E-state index contributed by atoms with van der Waals surface area (Å²) in [7, 11) is 1.81. The van der Waals surface area contributed by atoms with Crippen molar-refractivity contribution >= 4 is 28.3 Å². The number of nitrogens with zero attached hydrogens (tertiary/aromatic N) is 4. The highest BCUT2D eigenvalue weighted by Crippen LogP contribution is 2.22. The quantitative estimate of drug-likeness (QED) is 0.817. The molecule has 2 aliphatic heterocycles. The van der Waals surface area contributed by atoms with Crippen molar-refractivity contribution in [2.24, 2.45) is 5.92 Å². The Balaban J connectivity index is 1.58. The van der Waals surface area contributed by atoms with Crippen LogP contribution in [-0.2, 0) is 9.59 Å². The standard InChI is InChI=1S/C15H22N4O2S/c1-17-7-3-12(11-13(17)20)14(21)18-5-2-6-19(9-8-18)15-16-4-10-22-15/h4,10,12H,2-3,5-9,11H2,1H3. The van der Waals surface area contributed by atoms with Gasteiger partial charge in [-0.2, -0.15) is 0 Å². The Morgan fingerprint density at radius 1 is 1.27 bits per heavy atom. The number of anilines is 1. The molecule has 1 unspecified atom stereocenters. The zero-order valence-electron chi connectivity index (χ0n) is 12.9. The van der Waals surface area contributed by atoms with Gasteiger partial charge in [0.1, 0.15) is 0 Å². The number of hydrogen-bond donors (Lipinski definition) is 0. The molecule has 22 heavy (non-hydrogen) atoms. The molecule has 0 aliphatic carbocycles. The second kappa shape index (κ2) is 6.64. The third kappa shape index (κ3) is 3.24. The van der Waals surface area contributed by atoms with E-state index in [1.807, 2.05) is 16.5 Å². The lowest BCUT2D eigenvalue weighted by Crippen LogP contribution is -2.44. The Hall–Kier alpha value is -1.63. The van der Waals surface area contributed by atoms with E-state index in [0.717, 1.165) is 44.2 Å². The lowest BCUT2D eigenvalue weighted by atomic mass is 9.95. The van der Waals surface area contributed by atoms with E-state index in [2.05, 4.69) is 9.88 Å². The average Bonchev–Trinajstić information content (AvgIpc) is 2.94. The maximum absolute atomic E-state index is 12.7. The van der Waals surface area contributed by atoms with Gasteiger partial charge < -0.3 is 14.7 Å². The molecule has 1 aromatic rings. The summed E-state index contributed by atoms with van der Waals surface area (Å²) in [5.74, 6) is 0.112.